The lowest BCUT2D eigenvalue weighted by Crippen LogP contribution is -2.39. The Bertz CT molecular complexity index is 448. The Kier molecular flexibility index (Phi) is 5.11. The number of amides is 1. The molecule has 0 saturated carbocycles. The number of carbonyl (C=O) groups excluding carboxylic acids is 1. The summed E-state index contributed by atoms with van der Waals surface area (Å²) in [6.45, 7) is 6.08. The molecule has 7 nitrogen and oxygen atoms in total. The molecule has 1 atom stereocenters. The van der Waals surface area contributed by atoms with Crippen molar-refractivity contribution in [1.82, 2.24) is 20.4 Å². The first-order valence-electron chi connectivity index (χ1n) is 7.03. The van der Waals surface area contributed by atoms with Crippen LogP contribution >= 0.6 is 0 Å². The molecule has 1 amide bonds. The fourth-order valence-electron chi connectivity index (χ4n) is 2.66. The lowest BCUT2D eigenvalue weighted by Gasteiger charge is -2.29. The van der Waals surface area contributed by atoms with Crippen LogP contribution in [-0.2, 0) is 6.54 Å². The van der Waals surface area contributed by atoms with Gasteiger partial charge in [0.15, 0.2) is 11.5 Å². The van der Waals surface area contributed by atoms with E-state index in [1.807, 2.05) is 0 Å². The molecule has 1 saturated heterocycles. The van der Waals surface area contributed by atoms with E-state index in [2.05, 4.69) is 34.4 Å². The Morgan fingerprint density at radius 1 is 1.60 bits per heavy atom. The second-order valence-electron chi connectivity index (χ2n) is 5.30. The van der Waals surface area contributed by atoms with E-state index in [-0.39, 0.29) is 5.69 Å². The Morgan fingerprint density at radius 3 is 3.10 bits per heavy atom. The van der Waals surface area contributed by atoms with Crippen molar-refractivity contribution in [3.8, 4) is 0 Å². The van der Waals surface area contributed by atoms with Crippen molar-refractivity contribution >= 4 is 5.91 Å². The summed E-state index contributed by atoms with van der Waals surface area (Å²) in [6.07, 6.45) is 2.23. The van der Waals surface area contributed by atoms with Crippen molar-refractivity contribution in [3.05, 3.63) is 17.5 Å². The first-order valence-corrected chi connectivity index (χ1v) is 7.03. The molecule has 7 heteroatoms. The van der Waals surface area contributed by atoms with Crippen LogP contribution in [0.3, 0.4) is 0 Å². The first kappa shape index (κ1) is 15.0. The van der Waals surface area contributed by atoms with Crippen LogP contribution in [0.25, 0.3) is 0 Å². The molecule has 2 rings (SSSR count). The van der Waals surface area contributed by atoms with Gasteiger partial charge >= 0.3 is 0 Å². The van der Waals surface area contributed by atoms with Gasteiger partial charge in [0.05, 0.1) is 6.54 Å². The summed E-state index contributed by atoms with van der Waals surface area (Å²) in [4.78, 5) is 16.1. The molecule has 1 aromatic heterocycles. The largest absolute Gasteiger partial charge is 0.359 e. The van der Waals surface area contributed by atoms with Crippen LogP contribution in [0.2, 0.25) is 0 Å². The normalized spacial score (nSPS) is 21.6. The van der Waals surface area contributed by atoms with Crippen molar-refractivity contribution in [2.45, 2.75) is 32.4 Å². The standard InChI is InChI=1S/C13H23N5O2/c1-3-10-8-17(2)5-4-6-18(10)9-11-7-12(16-20-11)13(19)15-14/h7,10H,3-6,8-9,14H2,1-2H3,(H,15,19). The Balaban J connectivity index is 2.03. The highest BCUT2D eigenvalue weighted by Crippen LogP contribution is 2.16. The average Bonchev–Trinajstić information content (AvgIpc) is 2.83. The maximum absolute atomic E-state index is 11.4. The monoisotopic (exact) mass is 281 g/mol. The smallest absolute Gasteiger partial charge is 0.287 e. The number of hydrogen-bond donors (Lipinski definition) is 2. The van der Waals surface area contributed by atoms with Crippen LogP contribution in [0, 0.1) is 0 Å². The number of hydrogen-bond acceptors (Lipinski definition) is 6. The fourth-order valence-corrected chi connectivity index (χ4v) is 2.66. The number of rotatable bonds is 4. The Hall–Kier alpha value is -1.44. The molecule has 1 fully saturated rings. The predicted molar refractivity (Wildman–Crippen MR) is 74.8 cm³/mol. The van der Waals surface area contributed by atoms with Gasteiger partial charge < -0.3 is 9.42 Å². The maximum atomic E-state index is 11.4. The molecule has 1 aromatic rings. The van der Waals surface area contributed by atoms with E-state index >= 15 is 0 Å². The van der Waals surface area contributed by atoms with E-state index in [0.717, 1.165) is 32.5 Å². The molecule has 1 aliphatic rings. The highest BCUT2D eigenvalue weighted by Gasteiger charge is 2.23. The van der Waals surface area contributed by atoms with Crippen molar-refractivity contribution in [2.75, 3.05) is 26.7 Å². The SMILES string of the molecule is CCC1CN(C)CCCN1Cc1cc(C(=O)NN)no1. The topological polar surface area (TPSA) is 87.6 Å². The van der Waals surface area contributed by atoms with Gasteiger partial charge in [-0.15, -0.1) is 0 Å². The van der Waals surface area contributed by atoms with Crippen LogP contribution in [0.4, 0.5) is 0 Å². The third kappa shape index (κ3) is 3.56. The van der Waals surface area contributed by atoms with Crippen molar-refractivity contribution in [1.29, 1.82) is 0 Å². The van der Waals surface area contributed by atoms with Gasteiger partial charge in [-0.1, -0.05) is 12.1 Å². The number of nitrogens with one attached hydrogen (secondary N) is 1. The lowest BCUT2D eigenvalue weighted by molar-refractivity contribution is 0.0944. The number of likely N-dealkylation sites (N-methyl/N-ethyl adjacent to an activating group) is 1. The summed E-state index contributed by atoms with van der Waals surface area (Å²) in [5.74, 6) is 5.35. The van der Waals surface area contributed by atoms with Crippen LogP contribution in [-0.4, -0.2) is 53.6 Å². The van der Waals surface area contributed by atoms with Crippen molar-refractivity contribution in [2.24, 2.45) is 5.84 Å². The summed E-state index contributed by atoms with van der Waals surface area (Å²) >= 11 is 0. The highest BCUT2D eigenvalue weighted by molar-refractivity contribution is 5.91. The van der Waals surface area contributed by atoms with Gasteiger partial charge in [-0.25, -0.2) is 5.84 Å². The van der Waals surface area contributed by atoms with Gasteiger partial charge in [0.1, 0.15) is 0 Å². The number of carbonyl (C=O) groups is 1. The molecule has 20 heavy (non-hydrogen) atoms. The molecule has 0 aromatic carbocycles. The van der Waals surface area contributed by atoms with Crippen molar-refractivity contribution in [3.63, 3.8) is 0 Å². The molecule has 2 heterocycles. The number of nitrogens with two attached hydrogens (primary N) is 1. The quantitative estimate of drug-likeness (QED) is 0.465. The van der Waals surface area contributed by atoms with Crippen LogP contribution in [0.5, 0.6) is 0 Å². The Labute approximate surface area is 119 Å². The van der Waals surface area contributed by atoms with Gasteiger partial charge in [0.25, 0.3) is 5.91 Å². The van der Waals surface area contributed by atoms with E-state index in [1.54, 1.807) is 6.07 Å². The average molecular weight is 281 g/mol. The molecule has 0 bridgehead atoms. The molecule has 0 radical (unpaired) electrons. The van der Waals surface area contributed by atoms with Gasteiger partial charge in [-0.3, -0.25) is 15.1 Å². The fraction of sp³-hybridized carbons (Fsp3) is 0.692. The zero-order chi connectivity index (χ0) is 14.5. The van der Waals surface area contributed by atoms with E-state index in [1.165, 1.54) is 0 Å². The molecular weight excluding hydrogens is 258 g/mol. The Morgan fingerprint density at radius 2 is 2.40 bits per heavy atom. The highest BCUT2D eigenvalue weighted by atomic mass is 16.5. The molecule has 0 spiro atoms. The van der Waals surface area contributed by atoms with Crippen LogP contribution < -0.4 is 11.3 Å². The van der Waals surface area contributed by atoms with E-state index < -0.39 is 5.91 Å². The molecule has 112 valence electrons. The first-order chi connectivity index (χ1) is 9.63. The molecule has 1 aliphatic heterocycles. The van der Waals surface area contributed by atoms with Crippen molar-refractivity contribution < 1.29 is 9.32 Å². The van der Waals surface area contributed by atoms with Crippen LogP contribution in [0.15, 0.2) is 10.6 Å². The number of hydrazine groups is 1. The minimum absolute atomic E-state index is 0.225. The summed E-state index contributed by atoms with van der Waals surface area (Å²) in [7, 11) is 2.16. The third-order valence-corrected chi connectivity index (χ3v) is 3.78. The van der Waals surface area contributed by atoms with Gasteiger partial charge in [-0.2, -0.15) is 0 Å². The third-order valence-electron chi connectivity index (χ3n) is 3.78. The number of nitrogens with zero attached hydrogens (tertiary/aromatic N) is 3. The van der Waals surface area contributed by atoms with Gasteiger partial charge in [-0.05, 0) is 26.4 Å². The zero-order valence-electron chi connectivity index (χ0n) is 12.1. The summed E-state index contributed by atoms with van der Waals surface area (Å²) < 4.78 is 5.23. The van der Waals surface area contributed by atoms with Gasteiger partial charge in [0, 0.05) is 25.2 Å². The second kappa shape index (κ2) is 6.83. The zero-order valence-corrected chi connectivity index (χ0v) is 12.1. The molecule has 3 N–H and O–H groups in total. The van der Waals surface area contributed by atoms with Gasteiger partial charge in [0.2, 0.25) is 0 Å². The second-order valence-corrected chi connectivity index (χ2v) is 5.30. The predicted octanol–water partition coefficient (Wildman–Crippen LogP) is 0.194. The summed E-state index contributed by atoms with van der Waals surface area (Å²) in [5, 5.41) is 3.74. The summed E-state index contributed by atoms with van der Waals surface area (Å²) in [6, 6.07) is 2.16. The minimum Gasteiger partial charge on any atom is -0.359 e. The molecular formula is C13H23N5O2. The molecule has 0 aliphatic carbocycles. The molecule has 1 unspecified atom stereocenters. The van der Waals surface area contributed by atoms with E-state index in [4.69, 9.17) is 10.4 Å². The van der Waals surface area contributed by atoms with Crippen LogP contribution in [0.1, 0.15) is 36.0 Å². The lowest BCUT2D eigenvalue weighted by atomic mass is 10.2. The van der Waals surface area contributed by atoms with E-state index in [0.29, 0.717) is 18.3 Å². The minimum atomic E-state index is -0.428. The maximum Gasteiger partial charge on any atom is 0.287 e. The number of nitrogen functional groups attached to an aromatic ring is 1. The van der Waals surface area contributed by atoms with E-state index in [9.17, 15) is 4.79 Å². The summed E-state index contributed by atoms with van der Waals surface area (Å²) in [5.41, 5.74) is 2.28. The number of aromatic nitrogens is 1.